The van der Waals surface area contributed by atoms with Gasteiger partial charge in [-0.2, -0.15) is 0 Å². The first-order chi connectivity index (χ1) is 12.1. The maximum Gasteiger partial charge on any atom is 0.249 e. The van der Waals surface area contributed by atoms with Gasteiger partial charge in [0.2, 0.25) is 11.8 Å². The average molecular weight is 336 g/mol. The monoisotopic (exact) mass is 336 g/mol. The van der Waals surface area contributed by atoms with Crippen LogP contribution in [-0.2, 0) is 16.0 Å². The Labute approximate surface area is 149 Å². The van der Waals surface area contributed by atoms with Crippen molar-refractivity contribution < 1.29 is 9.59 Å². The third kappa shape index (κ3) is 3.73. The SMILES string of the molecule is Cc1ccccc1N1CCN(C(=O)CCc2ccccc2)[C@H](C)C1=O. The molecule has 4 heteroatoms. The van der Waals surface area contributed by atoms with Crippen molar-refractivity contribution in [1.82, 2.24) is 4.90 Å². The zero-order chi connectivity index (χ0) is 17.8. The van der Waals surface area contributed by atoms with Gasteiger partial charge in [0.05, 0.1) is 0 Å². The molecule has 25 heavy (non-hydrogen) atoms. The molecule has 0 aromatic heterocycles. The fourth-order valence-electron chi connectivity index (χ4n) is 3.36. The molecule has 1 aliphatic rings. The predicted molar refractivity (Wildman–Crippen MR) is 99.5 cm³/mol. The van der Waals surface area contributed by atoms with Crippen LogP contribution in [-0.4, -0.2) is 35.8 Å². The molecule has 0 N–H and O–H groups in total. The van der Waals surface area contributed by atoms with Crippen molar-refractivity contribution in [3.63, 3.8) is 0 Å². The number of hydrogen-bond donors (Lipinski definition) is 0. The van der Waals surface area contributed by atoms with E-state index in [4.69, 9.17) is 0 Å². The van der Waals surface area contributed by atoms with Gasteiger partial charge in [-0.05, 0) is 37.5 Å². The van der Waals surface area contributed by atoms with Crippen molar-refractivity contribution in [1.29, 1.82) is 0 Å². The highest BCUT2D eigenvalue weighted by atomic mass is 16.2. The minimum absolute atomic E-state index is 0.00592. The van der Waals surface area contributed by atoms with Gasteiger partial charge in [0.25, 0.3) is 0 Å². The molecule has 0 unspecified atom stereocenters. The van der Waals surface area contributed by atoms with Crippen molar-refractivity contribution in [3.05, 3.63) is 65.7 Å². The van der Waals surface area contributed by atoms with Gasteiger partial charge in [0.15, 0.2) is 0 Å². The Balaban J connectivity index is 1.65. The minimum atomic E-state index is -0.420. The number of aryl methyl sites for hydroxylation is 2. The number of hydrogen-bond acceptors (Lipinski definition) is 2. The van der Waals surface area contributed by atoms with Crippen LogP contribution in [0.25, 0.3) is 0 Å². The zero-order valence-corrected chi connectivity index (χ0v) is 14.8. The van der Waals surface area contributed by atoms with Crippen LogP contribution in [0.3, 0.4) is 0 Å². The van der Waals surface area contributed by atoms with Gasteiger partial charge in [-0.25, -0.2) is 0 Å². The molecule has 0 saturated carbocycles. The van der Waals surface area contributed by atoms with Crippen LogP contribution in [0.1, 0.15) is 24.5 Å². The molecule has 0 aliphatic carbocycles. The fraction of sp³-hybridized carbons (Fsp3) is 0.333. The number of carbonyl (C=O) groups is 2. The van der Waals surface area contributed by atoms with E-state index in [9.17, 15) is 9.59 Å². The molecule has 1 atom stereocenters. The molecule has 1 heterocycles. The van der Waals surface area contributed by atoms with E-state index in [-0.39, 0.29) is 11.8 Å². The second-order valence-electron chi connectivity index (χ2n) is 6.53. The first kappa shape index (κ1) is 17.2. The molecular weight excluding hydrogens is 312 g/mol. The maximum atomic E-state index is 12.8. The van der Waals surface area contributed by atoms with E-state index < -0.39 is 6.04 Å². The average Bonchev–Trinajstić information content (AvgIpc) is 2.63. The fourth-order valence-corrected chi connectivity index (χ4v) is 3.36. The number of nitrogens with zero attached hydrogens (tertiary/aromatic N) is 2. The number of piperazine rings is 1. The second-order valence-corrected chi connectivity index (χ2v) is 6.53. The Kier molecular flexibility index (Phi) is 5.17. The van der Waals surface area contributed by atoms with Gasteiger partial charge in [0.1, 0.15) is 6.04 Å². The van der Waals surface area contributed by atoms with E-state index in [0.29, 0.717) is 25.9 Å². The standard InChI is InChI=1S/C21H24N2O2/c1-16-8-6-7-11-19(16)23-15-14-22(17(2)21(23)25)20(24)13-12-18-9-4-3-5-10-18/h3-11,17H,12-15H2,1-2H3/t17-/m1/s1. The van der Waals surface area contributed by atoms with Crippen LogP contribution in [0, 0.1) is 6.92 Å². The molecule has 130 valence electrons. The van der Waals surface area contributed by atoms with Crippen molar-refractivity contribution in [2.45, 2.75) is 32.7 Å². The van der Waals surface area contributed by atoms with Crippen LogP contribution in [0.4, 0.5) is 5.69 Å². The largest absolute Gasteiger partial charge is 0.329 e. The summed E-state index contributed by atoms with van der Waals surface area (Å²) in [6.45, 7) is 4.96. The summed E-state index contributed by atoms with van der Waals surface area (Å²) in [5.41, 5.74) is 3.16. The number of anilines is 1. The molecule has 0 bridgehead atoms. The van der Waals surface area contributed by atoms with E-state index in [0.717, 1.165) is 16.8 Å². The molecule has 4 nitrogen and oxygen atoms in total. The molecule has 2 aromatic carbocycles. The van der Waals surface area contributed by atoms with E-state index in [1.807, 2.05) is 68.4 Å². The molecule has 3 rings (SSSR count). The Bertz CT molecular complexity index is 758. The Morgan fingerprint density at radius 3 is 2.44 bits per heavy atom. The molecule has 2 amide bonds. The number of rotatable bonds is 4. The maximum absolute atomic E-state index is 12.8. The summed E-state index contributed by atoms with van der Waals surface area (Å²) in [6.07, 6.45) is 1.14. The predicted octanol–water partition coefficient (Wildman–Crippen LogP) is 3.19. The molecule has 1 fully saturated rings. The third-order valence-electron chi connectivity index (χ3n) is 4.85. The van der Waals surface area contributed by atoms with Gasteiger partial charge in [-0.15, -0.1) is 0 Å². The van der Waals surface area contributed by atoms with Crippen LogP contribution < -0.4 is 4.90 Å². The van der Waals surface area contributed by atoms with Crippen LogP contribution in [0.5, 0.6) is 0 Å². The minimum Gasteiger partial charge on any atom is -0.329 e. The van der Waals surface area contributed by atoms with Crippen LogP contribution >= 0.6 is 0 Å². The topological polar surface area (TPSA) is 40.6 Å². The van der Waals surface area contributed by atoms with Gasteiger partial charge in [-0.3, -0.25) is 9.59 Å². The van der Waals surface area contributed by atoms with Gasteiger partial charge >= 0.3 is 0 Å². The number of benzene rings is 2. The summed E-state index contributed by atoms with van der Waals surface area (Å²) in [6, 6.07) is 17.4. The highest BCUT2D eigenvalue weighted by Crippen LogP contribution is 2.24. The van der Waals surface area contributed by atoms with Crippen LogP contribution in [0.2, 0.25) is 0 Å². The summed E-state index contributed by atoms with van der Waals surface area (Å²) >= 11 is 0. The Morgan fingerprint density at radius 2 is 1.72 bits per heavy atom. The number of amides is 2. The Morgan fingerprint density at radius 1 is 1.04 bits per heavy atom. The van der Waals surface area contributed by atoms with E-state index in [1.54, 1.807) is 9.80 Å². The molecule has 0 radical (unpaired) electrons. The summed E-state index contributed by atoms with van der Waals surface area (Å²) in [7, 11) is 0. The number of para-hydroxylation sites is 1. The molecule has 2 aromatic rings. The lowest BCUT2D eigenvalue weighted by atomic mass is 10.1. The first-order valence-corrected chi connectivity index (χ1v) is 8.78. The third-order valence-corrected chi connectivity index (χ3v) is 4.85. The van der Waals surface area contributed by atoms with Crippen LogP contribution in [0.15, 0.2) is 54.6 Å². The van der Waals surface area contributed by atoms with E-state index in [2.05, 4.69) is 0 Å². The quantitative estimate of drug-likeness (QED) is 0.860. The van der Waals surface area contributed by atoms with Crippen molar-refractivity contribution in [2.75, 3.05) is 18.0 Å². The Hall–Kier alpha value is -2.62. The molecule has 1 saturated heterocycles. The normalized spacial score (nSPS) is 17.7. The molecule has 0 spiro atoms. The van der Waals surface area contributed by atoms with E-state index in [1.165, 1.54) is 0 Å². The first-order valence-electron chi connectivity index (χ1n) is 8.78. The summed E-state index contributed by atoms with van der Waals surface area (Å²) < 4.78 is 0. The molecule has 1 aliphatic heterocycles. The van der Waals surface area contributed by atoms with Gasteiger partial charge in [-0.1, -0.05) is 48.5 Å². The second kappa shape index (κ2) is 7.51. The van der Waals surface area contributed by atoms with Gasteiger partial charge < -0.3 is 9.80 Å². The van der Waals surface area contributed by atoms with E-state index >= 15 is 0 Å². The molecular formula is C21H24N2O2. The highest BCUT2D eigenvalue weighted by Gasteiger charge is 2.34. The lowest BCUT2D eigenvalue weighted by Gasteiger charge is -2.39. The van der Waals surface area contributed by atoms with Crippen molar-refractivity contribution in [3.8, 4) is 0 Å². The van der Waals surface area contributed by atoms with Gasteiger partial charge in [0, 0.05) is 25.2 Å². The zero-order valence-electron chi connectivity index (χ0n) is 14.8. The summed E-state index contributed by atoms with van der Waals surface area (Å²) in [4.78, 5) is 28.9. The number of carbonyl (C=O) groups excluding carboxylic acids is 2. The van der Waals surface area contributed by atoms with Crippen molar-refractivity contribution >= 4 is 17.5 Å². The summed E-state index contributed by atoms with van der Waals surface area (Å²) in [5, 5.41) is 0. The highest BCUT2D eigenvalue weighted by molar-refractivity contribution is 6.00. The lowest BCUT2D eigenvalue weighted by Crippen LogP contribution is -2.58. The smallest absolute Gasteiger partial charge is 0.249 e. The lowest BCUT2D eigenvalue weighted by molar-refractivity contribution is -0.140. The van der Waals surface area contributed by atoms with Crippen molar-refractivity contribution in [2.24, 2.45) is 0 Å². The summed E-state index contributed by atoms with van der Waals surface area (Å²) in [5.74, 6) is 0.0442.